The predicted molar refractivity (Wildman–Crippen MR) is 162 cm³/mol. The highest BCUT2D eigenvalue weighted by atomic mass is 19.1. The monoisotopic (exact) mass is 580 g/mol. The number of hydrogen-bond acceptors (Lipinski definition) is 6. The minimum absolute atomic E-state index is 0.0171. The number of nitrogens with zero attached hydrogens (tertiary/aromatic N) is 4. The summed E-state index contributed by atoms with van der Waals surface area (Å²) in [5.41, 5.74) is 3.09. The van der Waals surface area contributed by atoms with Crippen molar-refractivity contribution in [1.82, 2.24) is 19.3 Å². The van der Waals surface area contributed by atoms with Crippen LogP contribution in [0.5, 0.6) is 23.1 Å². The number of benzene rings is 3. The van der Waals surface area contributed by atoms with Crippen molar-refractivity contribution < 1.29 is 23.4 Å². The summed E-state index contributed by atoms with van der Waals surface area (Å²) in [5.74, 6) is 1.62. The molecule has 0 radical (unpaired) electrons. The number of ether oxygens (including phenoxy) is 3. The smallest absolute Gasteiger partial charge is 0.253 e. The van der Waals surface area contributed by atoms with Gasteiger partial charge in [-0.1, -0.05) is 37.6 Å². The van der Waals surface area contributed by atoms with Crippen molar-refractivity contribution in [2.75, 3.05) is 26.8 Å². The van der Waals surface area contributed by atoms with Gasteiger partial charge in [-0.2, -0.15) is 4.39 Å². The third-order valence-electron chi connectivity index (χ3n) is 7.65. The number of carbonyl (C=O) groups is 1. The maximum atomic E-state index is 14.6. The number of amides is 1. The van der Waals surface area contributed by atoms with Crippen LogP contribution in [0, 0.1) is 5.82 Å². The molecule has 1 aliphatic rings. The van der Waals surface area contributed by atoms with Gasteiger partial charge < -0.3 is 19.1 Å². The molecule has 9 heteroatoms. The van der Waals surface area contributed by atoms with E-state index in [2.05, 4.69) is 11.9 Å². The Morgan fingerprint density at radius 3 is 2.56 bits per heavy atom. The summed E-state index contributed by atoms with van der Waals surface area (Å²) in [7, 11) is 1.42. The molecule has 8 nitrogen and oxygen atoms in total. The molecule has 2 aromatic heterocycles. The van der Waals surface area contributed by atoms with E-state index in [1.165, 1.54) is 7.11 Å². The Bertz CT molecular complexity index is 1720. The summed E-state index contributed by atoms with van der Waals surface area (Å²) in [4.78, 5) is 24.7. The lowest BCUT2D eigenvalue weighted by Gasteiger charge is -2.17. The number of halogens is 1. The van der Waals surface area contributed by atoms with E-state index < -0.39 is 5.82 Å². The predicted octanol–water partition coefficient (Wildman–Crippen LogP) is 7.14. The summed E-state index contributed by atoms with van der Waals surface area (Å²) >= 11 is 0. The van der Waals surface area contributed by atoms with Crippen LogP contribution < -0.4 is 14.2 Å². The zero-order valence-electron chi connectivity index (χ0n) is 24.2. The fraction of sp³-hybridized carbons (Fsp3) is 0.265. The SMILES string of the molecule is CCCCOc1cncc2c(-c3ccc(Oc4cccc(OC)c4F)cc3)nc([C@@H]3CCN(C(=O)c4ccccc4)C3)n12. The Morgan fingerprint density at radius 1 is 1.00 bits per heavy atom. The van der Waals surface area contributed by atoms with Crippen LogP contribution in [0.15, 0.2) is 85.2 Å². The number of fused-ring (bicyclic) bond motifs is 1. The van der Waals surface area contributed by atoms with Crippen LogP contribution in [0.3, 0.4) is 0 Å². The molecule has 0 unspecified atom stereocenters. The summed E-state index contributed by atoms with van der Waals surface area (Å²) in [6.45, 7) is 3.89. The highest BCUT2D eigenvalue weighted by molar-refractivity contribution is 5.94. The van der Waals surface area contributed by atoms with Crippen molar-refractivity contribution in [2.24, 2.45) is 0 Å². The molecule has 6 rings (SSSR count). The largest absolute Gasteiger partial charge is 0.494 e. The molecule has 0 bridgehead atoms. The Labute approximate surface area is 249 Å². The van der Waals surface area contributed by atoms with E-state index >= 15 is 0 Å². The molecule has 3 aromatic carbocycles. The molecule has 0 saturated carbocycles. The number of unbranched alkanes of at least 4 members (excludes halogenated alkanes) is 1. The molecule has 1 amide bonds. The molecule has 0 spiro atoms. The molecule has 1 saturated heterocycles. The summed E-state index contributed by atoms with van der Waals surface area (Å²) in [6, 6.07) is 21.5. The third-order valence-corrected chi connectivity index (χ3v) is 7.65. The van der Waals surface area contributed by atoms with E-state index in [1.807, 2.05) is 51.8 Å². The summed E-state index contributed by atoms with van der Waals surface area (Å²) in [6.07, 6.45) is 6.23. The molecule has 3 heterocycles. The molecule has 1 atom stereocenters. The van der Waals surface area contributed by atoms with Crippen molar-refractivity contribution in [3.8, 4) is 34.4 Å². The van der Waals surface area contributed by atoms with Crippen LogP contribution in [0.4, 0.5) is 4.39 Å². The van der Waals surface area contributed by atoms with Crippen molar-refractivity contribution in [3.63, 3.8) is 0 Å². The Kier molecular flexibility index (Phi) is 8.22. The topological polar surface area (TPSA) is 78.2 Å². The van der Waals surface area contributed by atoms with Gasteiger partial charge in [-0.05, 0) is 61.4 Å². The fourth-order valence-electron chi connectivity index (χ4n) is 5.39. The van der Waals surface area contributed by atoms with Crippen LogP contribution in [0.1, 0.15) is 48.3 Å². The van der Waals surface area contributed by atoms with Gasteiger partial charge in [-0.3, -0.25) is 14.2 Å². The Hall–Kier alpha value is -4.92. The first kappa shape index (κ1) is 28.2. The van der Waals surface area contributed by atoms with Crippen molar-refractivity contribution >= 4 is 11.4 Å². The first-order valence-electron chi connectivity index (χ1n) is 14.5. The minimum atomic E-state index is -0.558. The first-order chi connectivity index (χ1) is 21.1. The van der Waals surface area contributed by atoms with Gasteiger partial charge in [0.15, 0.2) is 11.5 Å². The number of aromatic nitrogens is 3. The van der Waals surface area contributed by atoms with Crippen molar-refractivity contribution in [3.05, 3.63) is 102 Å². The van der Waals surface area contributed by atoms with Crippen LogP contribution in [-0.4, -0.2) is 52.0 Å². The Morgan fingerprint density at radius 2 is 1.79 bits per heavy atom. The van der Waals surface area contributed by atoms with Gasteiger partial charge in [-0.25, -0.2) is 4.98 Å². The summed E-state index contributed by atoms with van der Waals surface area (Å²) < 4.78 is 33.7. The second-order valence-electron chi connectivity index (χ2n) is 10.5. The zero-order valence-corrected chi connectivity index (χ0v) is 24.2. The van der Waals surface area contributed by atoms with Gasteiger partial charge >= 0.3 is 0 Å². The first-order valence-corrected chi connectivity index (χ1v) is 14.5. The normalized spacial score (nSPS) is 14.7. The average molecular weight is 581 g/mol. The molecular formula is C34H33FN4O4. The molecule has 0 N–H and O–H groups in total. The number of imidazole rings is 1. The molecule has 0 aliphatic carbocycles. The average Bonchev–Trinajstić information content (AvgIpc) is 3.69. The van der Waals surface area contributed by atoms with Gasteiger partial charge in [0.25, 0.3) is 5.91 Å². The fourth-order valence-corrected chi connectivity index (χ4v) is 5.39. The maximum absolute atomic E-state index is 14.6. The van der Waals surface area contributed by atoms with E-state index in [-0.39, 0.29) is 23.3 Å². The minimum Gasteiger partial charge on any atom is -0.494 e. The van der Waals surface area contributed by atoms with Crippen LogP contribution in [-0.2, 0) is 0 Å². The van der Waals surface area contributed by atoms with E-state index in [1.54, 1.807) is 42.7 Å². The quantitative estimate of drug-likeness (QED) is 0.163. The molecule has 5 aromatic rings. The van der Waals surface area contributed by atoms with E-state index in [0.29, 0.717) is 36.9 Å². The molecule has 1 fully saturated rings. The molecular weight excluding hydrogens is 547 g/mol. The van der Waals surface area contributed by atoms with E-state index in [4.69, 9.17) is 19.2 Å². The maximum Gasteiger partial charge on any atom is 0.253 e. The highest BCUT2D eigenvalue weighted by Crippen LogP contribution is 2.36. The van der Waals surface area contributed by atoms with Crippen LogP contribution in [0.25, 0.3) is 16.8 Å². The van der Waals surface area contributed by atoms with Crippen molar-refractivity contribution in [2.45, 2.75) is 32.1 Å². The van der Waals surface area contributed by atoms with Crippen LogP contribution >= 0.6 is 0 Å². The van der Waals surface area contributed by atoms with Gasteiger partial charge in [0.2, 0.25) is 11.7 Å². The zero-order chi connectivity index (χ0) is 29.8. The van der Waals surface area contributed by atoms with Gasteiger partial charge in [0.05, 0.1) is 37.3 Å². The lowest BCUT2D eigenvalue weighted by molar-refractivity contribution is 0.0790. The highest BCUT2D eigenvalue weighted by Gasteiger charge is 2.32. The second-order valence-corrected chi connectivity index (χ2v) is 10.5. The van der Waals surface area contributed by atoms with E-state index in [9.17, 15) is 9.18 Å². The third kappa shape index (κ3) is 5.75. The van der Waals surface area contributed by atoms with Gasteiger partial charge in [0, 0.05) is 30.1 Å². The number of rotatable bonds is 10. The number of methoxy groups -OCH3 is 1. The second kappa shape index (κ2) is 12.5. The molecule has 43 heavy (non-hydrogen) atoms. The lowest BCUT2D eigenvalue weighted by Crippen LogP contribution is -2.28. The Balaban J connectivity index is 1.32. The van der Waals surface area contributed by atoms with E-state index in [0.717, 1.165) is 41.9 Å². The molecule has 1 aliphatic heterocycles. The lowest BCUT2D eigenvalue weighted by atomic mass is 10.1. The van der Waals surface area contributed by atoms with Gasteiger partial charge in [-0.15, -0.1) is 0 Å². The van der Waals surface area contributed by atoms with Gasteiger partial charge in [0.1, 0.15) is 11.6 Å². The van der Waals surface area contributed by atoms with Crippen molar-refractivity contribution in [1.29, 1.82) is 0 Å². The standard InChI is InChI=1S/C34H33FN4O4/c1-3-4-19-42-30-21-36-20-27-32(23-13-15-26(16-14-23)43-29-12-8-11-28(41-2)31(29)35)37-33(39(27)30)25-17-18-38(22-25)34(40)24-9-6-5-7-10-24/h5-16,20-21,25H,3-4,17-19,22H2,1-2H3/t25-/m1/s1. The number of carbonyl (C=O) groups excluding carboxylic acids is 1. The number of likely N-dealkylation sites (tertiary alicyclic amines) is 1. The molecule has 220 valence electrons. The summed E-state index contributed by atoms with van der Waals surface area (Å²) in [5, 5.41) is 0. The van der Waals surface area contributed by atoms with Crippen LogP contribution in [0.2, 0.25) is 0 Å². The number of hydrogen-bond donors (Lipinski definition) is 0.